The van der Waals surface area contributed by atoms with Gasteiger partial charge in [0.15, 0.2) is 0 Å². The van der Waals surface area contributed by atoms with E-state index in [0.29, 0.717) is 11.2 Å². The fraction of sp³-hybridized carbons (Fsp3) is 0.600. The number of hydrogen-bond donors (Lipinski definition) is 0. The molecule has 0 aromatic heterocycles. The lowest BCUT2D eigenvalue weighted by Crippen LogP contribution is -2.44. The van der Waals surface area contributed by atoms with E-state index < -0.39 is 0 Å². The monoisotopic (exact) mass is 264 g/mol. The van der Waals surface area contributed by atoms with Crippen LogP contribution in [-0.2, 0) is 9.47 Å². The Labute approximate surface area is 113 Å². The number of benzene rings is 1. The predicted octanol–water partition coefficient (Wildman–Crippen LogP) is 3.36. The van der Waals surface area contributed by atoms with Crippen molar-refractivity contribution in [2.24, 2.45) is 5.92 Å². The Morgan fingerprint density at radius 1 is 1.17 bits per heavy atom. The summed E-state index contributed by atoms with van der Waals surface area (Å²) in [5, 5.41) is 0.559. The van der Waals surface area contributed by atoms with Crippen molar-refractivity contribution in [3.05, 3.63) is 30.3 Å². The van der Waals surface area contributed by atoms with Crippen LogP contribution in [0.4, 0.5) is 0 Å². The molecule has 2 aliphatic heterocycles. The Bertz CT molecular complexity index is 381. The zero-order valence-corrected chi connectivity index (χ0v) is 11.6. The van der Waals surface area contributed by atoms with Crippen molar-refractivity contribution >= 4 is 11.8 Å². The summed E-state index contributed by atoms with van der Waals surface area (Å²) in [5.41, 5.74) is 0.0537. The van der Waals surface area contributed by atoms with E-state index in [1.165, 1.54) is 4.90 Å². The van der Waals surface area contributed by atoms with E-state index in [4.69, 9.17) is 9.47 Å². The van der Waals surface area contributed by atoms with Crippen molar-refractivity contribution in [1.29, 1.82) is 0 Å². The molecule has 3 rings (SSSR count). The lowest BCUT2D eigenvalue weighted by Gasteiger charge is -2.38. The van der Waals surface area contributed by atoms with Crippen molar-refractivity contribution in [3.8, 4) is 0 Å². The molecule has 2 nitrogen and oxygen atoms in total. The molecule has 1 aromatic rings. The maximum atomic E-state index is 6.18. The van der Waals surface area contributed by atoms with E-state index >= 15 is 0 Å². The molecule has 1 aromatic carbocycles. The summed E-state index contributed by atoms with van der Waals surface area (Å²) >= 11 is 1.98. The van der Waals surface area contributed by atoms with E-state index in [9.17, 15) is 0 Å². The highest BCUT2D eigenvalue weighted by Gasteiger charge is 2.49. The molecule has 0 aliphatic carbocycles. The Morgan fingerprint density at radius 3 is 2.61 bits per heavy atom. The van der Waals surface area contributed by atoms with E-state index in [-0.39, 0.29) is 5.60 Å². The molecule has 2 heterocycles. The zero-order valence-electron chi connectivity index (χ0n) is 10.8. The average molecular weight is 264 g/mol. The summed E-state index contributed by atoms with van der Waals surface area (Å²) in [7, 11) is 0. The molecule has 0 saturated carbocycles. The molecule has 98 valence electrons. The molecule has 2 atom stereocenters. The molecule has 0 amide bonds. The maximum Gasteiger partial charge on any atom is 0.0851 e. The molecular formula is C15H20O2S. The Morgan fingerprint density at radius 2 is 1.89 bits per heavy atom. The van der Waals surface area contributed by atoms with Gasteiger partial charge in [0, 0.05) is 36.2 Å². The van der Waals surface area contributed by atoms with E-state index in [1.807, 2.05) is 11.8 Å². The molecule has 0 bridgehead atoms. The minimum Gasteiger partial charge on any atom is -0.381 e. The van der Waals surface area contributed by atoms with Gasteiger partial charge in [-0.15, -0.1) is 11.8 Å². The highest BCUT2D eigenvalue weighted by molar-refractivity contribution is 8.00. The van der Waals surface area contributed by atoms with Crippen LogP contribution in [0.15, 0.2) is 35.2 Å². The molecular weight excluding hydrogens is 244 g/mol. The van der Waals surface area contributed by atoms with Gasteiger partial charge in [-0.3, -0.25) is 0 Å². The van der Waals surface area contributed by atoms with Gasteiger partial charge >= 0.3 is 0 Å². The number of hydrogen-bond acceptors (Lipinski definition) is 3. The second-order valence-corrected chi connectivity index (χ2v) is 6.53. The average Bonchev–Trinajstić information content (AvgIpc) is 2.71. The van der Waals surface area contributed by atoms with Gasteiger partial charge in [0.05, 0.1) is 12.2 Å². The van der Waals surface area contributed by atoms with E-state index in [0.717, 1.165) is 32.7 Å². The van der Waals surface area contributed by atoms with Crippen molar-refractivity contribution in [2.75, 3.05) is 19.8 Å². The summed E-state index contributed by atoms with van der Waals surface area (Å²) in [6.07, 6.45) is 2.09. The number of rotatable bonds is 2. The second kappa shape index (κ2) is 5.24. The summed E-state index contributed by atoms with van der Waals surface area (Å²) in [6.45, 7) is 4.90. The van der Waals surface area contributed by atoms with Gasteiger partial charge in [0.2, 0.25) is 0 Å². The van der Waals surface area contributed by atoms with Crippen LogP contribution < -0.4 is 0 Å². The third kappa shape index (κ3) is 2.31. The van der Waals surface area contributed by atoms with E-state index in [1.54, 1.807) is 0 Å². The molecule has 2 aliphatic rings. The van der Waals surface area contributed by atoms with Crippen LogP contribution in [0.2, 0.25) is 0 Å². The van der Waals surface area contributed by atoms with Crippen LogP contribution in [-0.4, -0.2) is 30.7 Å². The molecule has 18 heavy (non-hydrogen) atoms. The molecule has 1 spiro atoms. The van der Waals surface area contributed by atoms with Gasteiger partial charge < -0.3 is 9.47 Å². The third-order valence-corrected chi connectivity index (χ3v) is 5.71. The van der Waals surface area contributed by atoms with Crippen LogP contribution in [0.3, 0.4) is 0 Å². The van der Waals surface area contributed by atoms with Gasteiger partial charge in [0.1, 0.15) is 0 Å². The Balaban J connectivity index is 1.79. The third-order valence-electron chi connectivity index (χ3n) is 4.01. The highest BCUT2D eigenvalue weighted by Crippen LogP contribution is 2.47. The predicted molar refractivity (Wildman–Crippen MR) is 74.0 cm³/mol. The summed E-state index contributed by atoms with van der Waals surface area (Å²) in [6, 6.07) is 10.7. The van der Waals surface area contributed by atoms with Crippen molar-refractivity contribution in [3.63, 3.8) is 0 Å². The summed E-state index contributed by atoms with van der Waals surface area (Å²) in [5.74, 6) is 0.619. The number of ether oxygens (including phenoxy) is 2. The maximum absolute atomic E-state index is 6.18. The molecule has 3 heteroatoms. The smallest absolute Gasteiger partial charge is 0.0851 e. The Hall–Kier alpha value is -0.510. The quantitative estimate of drug-likeness (QED) is 0.816. The molecule has 0 N–H and O–H groups in total. The van der Waals surface area contributed by atoms with Gasteiger partial charge in [-0.2, -0.15) is 0 Å². The van der Waals surface area contributed by atoms with Gasteiger partial charge in [-0.25, -0.2) is 0 Å². The topological polar surface area (TPSA) is 18.5 Å². The van der Waals surface area contributed by atoms with Gasteiger partial charge in [0.25, 0.3) is 0 Å². The van der Waals surface area contributed by atoms with Crippen molar-refractivity contribution in [2.45, 2.75) is 35.5 Å². The Kier molecular flexibility index (Phi) is 3.64. The fourth-order valence-corrected chi connectivity index (χ4v) is 4.44. The van der Waals surface area contributed by atoms with Crippen molar-refractivity contribution in [1.82, 2.24) is 0 Å². The zero-order chi connectivity index (χ0) is 12.4. The first kappa shape index (κ1) is 12.5. The number of thioether (sulfide) groups is 1. The first-order valence-corrected chi connectivity index (χ1v) is 7.62. The summed E-state index contributed by atoms with van der Waals surface area (Å²) < 4.78 is 11.7. The van der Waals surface area contributed by atoms with Crippen LogP contribution in [0.1, 0.15) is 19.8 Å². The van der Waals surface area contributed by atoms with E-state index in [2.05, 4.69) is 37.3 Å². The summed E-state index contributed by atoms with van der Waals surface area (Å²) in [4.78, 5) is 1.35. The molecule has 0 unspecified atom stereocenters. The normalized spacial score (nSPS) is 30.7. The molecule has 0 radical (unpaired) electrons. The first-order chi connectivity index (χ1) is 8.80. The van der Waals surface area contributed by atoms with Crippen LogP contribution in [0, 0.1) is 5.92 Å². The lowest BCUT2D eigenvalue weighted by molar-refractivity contribution is -0.0754. The fourth-order valence-electron chi connectivity index (χ4n) is 3.00. The largest absolute Gasteiger partial charge is 0.381 e. The van der Waals surface area contributed by atoms with Crippen LogP contribution in [0.5, 0.6) is 0 Å². The molecule has 2 saturated heterocycles. The van der Waals surface area contributed by atoms with Gasteiger partial charge in [-0.1, -0.05) is 25.1 Å². The SMILES string of the molecule is C[C@@H]1COC2(CCOCC2)[C@@H]1Sc1ccccc1. The second-order valence-electron chi connectivity index (χ2n) is 5.32. The van der Waals surface area contributed by atoms with Crippen LogP contribution in [0.25, 0.3) is 0 Å². The van der Waals surface area contributed by atoms with Crippen LogP contribution >= 0.6 is 11.8 Å². The minimum absolute atomic E-state index is 0.0537. The first-order valence-electron chi connectivity index (χ1n) is 6.74. The van der Waals surface area contributed by atoms with Gasteiger partial charge in [-0.05, 0) is 18.1 Å². The lowest BCUT2D eigenvalue weighted by atomic mass is 9.87. The highest BCUT2D eigenvalue weighted by atomic mass is 32.2. The standard InChI is InChI=1S/C15H20O2S/c1-12-11-17-15(7-9-16-10-8-15)14(12)18-13-5-3-2-4-6-13/h2-6,12,14H,7-11H2,1H3/t12-,14-/m1/s1. The minimum atomic E-state index is 0.0537. The molecule has 2 fully saturated rings. The van der Waals surface area contributed by atoms with Crippen molar-refractivity contribution < 1.29 is 9.47 Å².